The molecule has 2 aromatic rings. The minimum Gasteiger partial charge on any atom is -0.481 e. The standard InChI is InChI=1S/C19H23N7O3/c20-17(21)25-19(29)24-9-12-2-1-3-14(8-12)15-10-22-18(23-11-15)26-6-4-13(5-7-26)16(27)28/h1-3,8,10-11,13H,4-7,9H2,(H,27,28)(H5,20,21,24,25,29). The van der Waals surface area contributed by atoms with Gasteiger partial charge >= 0.3 is 12.0 Å². The van der Waals surface area contributed by atoms with E-state index in [9.17, 15) is 9.59 Å². The monoisotopic (exact) mass is 397 g/mol. The highest BCUT2D eigenvalue weighted by molar-refractivity contribution is 5.90. The Bertz CT molecular complexity index is 902. The summed E-state index contributed by atoms with van der Waals surface area (Å²) in [4.78, 5) is 36.9. The van der Waals surface area contributed by atoms with Crippen LogP contribution < -0.4 is 21.7 Å². The van der Waals surface area contributed by atoms with Crippen molar-refractivity contribution in [3.05, 3.63) is 42.2 Å². The SMILES string of the molecule is NC(N)=NC(=O)NCc1cccc(-c2cnc(N3CCC(C(=O)O)CC3)nc2)c1. The number of aliphatic carboxylic acids is 1. The summed E-state index contributed by atoms with van der Waals surface area (Å²) < 4.78 is 0. The number of carbonyl (C=O) groups is 2. The van der Waals surface area contributed by atoms with Crippen LogP contribution in [-0.2, 0) is 11.3 Å². The highest BCUT2D eigenvalue weighted by Crippen LogP contribution is 2.23. The van der Waals surface area contributed by atoms with E-state index in [1.54, 1.807) is 12.4 Å². The Kier molecular flexibility index (Phi) is 6.22. The Morgan fingerprint density at radius 2 is 1.86 bits per heavy atom. The molecule has 0 spiro atoms. The van der Waals surface area contributed by atoms with Crippen LogP contribution in [0.4, 0.5) is 10.7 Å². The smallest absolute Gasteiger partial charge is 0.344 e. The molecule has 0 aliphatic carbocycles. The summed E-state index contributed by atoms with van der Waals surface area (Å²) in [5.74, 6) is -0.727. The maximum atomic E-state index is 11.5. The van der Waals surface area contributed by atoms with Crippen molar-refractivity contribution in [3.63, 3.8) is 0 Å². The van der Waals surface area contributed by atoms with Gasteiger partial charge in [-0.25, -0.2) is 14.8 Å². The number of hydrogen-bond acceptors (Lipinski definition) is 5. The van der Waals surface area contributed by atoms with Crippen molar-refractivity contribution in [2.24, 2.45) is 22.4 Å². The van der Waals surface area contributed by atoms with Crippen molar-refractivity contribution in [2.75, 3.05) is 18.0 Å². The first-order valence-electron chi connectivity index (χ1n) is 9.19. The predicted molar refractivity (Wildman–Crippen MR) is 108 cm³/mol. The highest BCUT2D eigenvalue weighted by Gasteiger charge is 2.25. The molecule has 0 bridgehead atoms. The first-order chi connectivity index (χ1) is 13.9. The van der Waals surface area contributed by atoms with Crippen LogP contribution in [-0.4, -0.2) is 46.1 Å². The van der Waals surface area contributed by atoms with Crippen molar-refractivity contribution >= 4 is 23.9 Å². The van der Waals surface area contributed by atoms with Crippen LogP contribution in [0.15, 0.2) is 41.7 Å². The van der Waals surface area contributed by atoms with Gasteiger partial charge in [-0.3, -0.25) is 4.79 Å². The molecule has 0 saturated carbocycles. The molecule has 1 saturated heterocycles. The lowest BCUT2D eigenvalue weighted by atomic mass is 9.97. The van der Waals surface area contributed by atoms with Crippen molar-refractivity contribution in [3.8, 4) is 11.1 Å². The molecule has 1 aliphatic heterocycles. The van der Waals surface area contributed by atoms with Crippen molar-refractivity contribution < 1.29 is 14.7 Å². The molecular weight excluding hydrogens is 374 g/mol. The lowest BCUT2D eigenvalue weighted by Crippen LogP contribution is -2.37. The van der Waals surface area contributed by atoms with E-state index >= 15 is 0 Å². The Balaban J connectivity index is 1.63. The molecule has 0 atom stereocenters. The summed E-state index contributed by atoms with van der Waals surface area (Å²) in [5.41, 5.74) is 13.0. The second-order valence-electron chi connectivity index (χ2n) is 6.77. The van der Waals surface area contributed by atoms with E-state index < -0.39 is 12.0 Å². The van der Waals surface area contributed by atoms with Crippen LogP contribution >= 0.6 is 0 Å². The van der Waals surface area contributed by atoms with Crippen molar-refractivity contribution in [1.82, 2.24) is 15.3 Å². The third kappa shape index (κ3) is 5.41. The molecule has 1 aromatic carbocycles. The Morgan fingerprint density at radius 1 is 1.17 bits per heavy atom. The molecule has 1 aliphatic rings. The van der Waals surface area contributed by atoms with E-state index in [1.165, 1.54) is 0 Å². The fourth-order valence-electron chi connectivity index (χ4n) is 3.16. The molecular formula is C19H23N7O3. The number of guanidine groups is 1. The Morgan fingerprint density at radius 3 is 2.48 bits per heavy atom. The average molecular weight is 397 g/mol. The van der Waals surface area contributed by atoms with E-state index in [4.69, 9.17) is 16.6 Å². The molecule has 152 valence electrons. The van der Waals surface area contributed by atoms with Gasteiger partial charge in [-0.05, 0) is 30.0 Å². The molecule has 0 radical (unpaired) electrons. The third-order valence-electron chi connectivity index (χ3n) is 4.70. The maximum Gasteiger partial charge on any atom is 0.344 e. The fourth-order valence-corrected chi connectivity index (χ4v) is 3.16. The summed E-state index contributed by atoms with van der Waals surface area (Å²) in [6.45, 7) is 1.53. The van der Waals surface area contributed by atoms with Crippen LogP contribution in [0.1, 0.15) is 18.4 Å². The Labute approximate surface area is 167 Å². The van der Waals surface area contributed by atoms with E-state index in [1.807, 2.05) is 29.2 Å². The average Bonchev–Trinajstić information content (AvgIpc) is 2.72. The highest BCUT2D eigenvalue weighted by atomic mass is 16.4. The number of carboxylic acids is 1. The number of carbonyl (C=O) groups excluding carboxylic acids is 1. The molecule has 2 heterocycles. The number of nitrogens with two attached hydrogens (primary N) is 2. The second-order valence-corrected chi connectivity index (χ2v) is 6.77. The van der Waals surface area contributed by atoms with Crippen LogP contribution in [0.5, 0.6) is 0 Å². The minimum absolute atomic E-state index is 0.279. The Hall–Kier alpha value is -3.69. The normalized spacial score (nSPS) is 14.3. The lowest BCUT2D eigenvalue weighted by Gasteiger charge is -2.30. The van der Waals surface area contributed by atoms with Crippen LogP contribution in [0.3, 0.4) is 0 Å². The number of aliphatic imine (C=N–C) groups is 1. The lowest BCUT2D eigenvalue weighted by molar-refractivity contribution is -0.142. The zero-order valence-corrected chi connectivity index (χ0v) is 15.8. The van der Waals surface area contributed by atoms with Crippen LogP contribution in [0.25, 0.3) is 11.1 Å². The number of benzene rings is 1. The number of nitrogens with one attached hydrogen (secondary N) is 1. The number of piperidine rings is 1. The molecule has 1 aromatic heterocycles. The van der Waals surface area contributed by atoms with E-state index in [-0.39, 0.29) is 18.4 Å². The van der Waals surface area contributed by atoms with Gasteiger partial charge in [0.05, 0.1) is 5.92 Å². The molecule has 29 heavy (non-hydrogen) atoms. The summed E-state index contributed by atoms with van der Waals surface area (Å²) in [6.07, 6.45) is 4.66. The number of carboxylic acid groups (broad SMARTS) is 1. The largest absolute Gasteiger partial charge is 0.481 e. The molecule has 10 heteroatoms. The van der Waals surface area contributed by atoms with Gasteiger partial charge in [0.25, 0.3) is 0 Å². The number of nitrogens with zero attached hydrogens (tertiary/aromatic N) is 4. The zero-order valence-electron chi connectivity index (χ0n) is 15.8. The van der Waals surface area contributed by atoms with Crippen molar-refractivity contribution in [2.45, 2.75) is 19.4 Å². The first kappa shape index (κ1) is 20.1. The van der Waals surface area contributed by atoms with Crippen LogP contribution in [0, 0.1) is 5.92 Å². The summed E-state index contributed by atoms with van der Waals surface area (Å²) in [7, 11) is 0. The third-order valence-corrected chi connectivity index (χ3v) is 4.70. The molecule has 3 rings (SSSR count). The van der Waals surface area contributed by atoms with Gasteiger partial charge in [-0.2, -0.15) is 4.99 Å². The van der Waals surface area contributed by atoms with Gasteiger partial charge < -0.3 is 26.8 Å². The number of anilines is 1. The zero-order chi connectivity index (χ0) is 20.8. The van der Waals surface area contributed by atoms with E-state index in [0.29, 0.717) is 31.9 Å². The molecule has 0 unspecified atom stereocenters. The summed E-state index contributed by atoms with van der Waals surface area (Å²) in [5, 5.41) is 11.7. The van der Waals surface area contributed by atoms with Gasteiger partial charge in [-0.15, -0.1) is 0 Å². The maximum absolute atomic E-state index is 11.5. The topological polar surface area (TPSA) is 160 Å². The summed E-state index contributed by atoms with van der Waals surface area (Å²) >= 11 is 0. The molecule has 1 fully saturated rings. The van der Waals surface area contributed by atoms with Gasteiger partial charge in [-0.1, -0.05) is 18.2 Å². The predicted octanol–water partition coefficient (Wildman–Crippen LogP) is 0.928. The van der Waals surface area contributed by atoms with Gasteiger partial charge in [0.15, 0.2) is 5.96 Å². The second kappa shape index (κ2) is 9.00. The van der Waals surface area contributed by atoms with Gasteiger partial charge in [0.2, 0.25) is 5.95 Å². The van der Waals surface area contributed by atoms with E-state index in [0.717, 1.165) is 16.7 Å². The molecule has 2 amide bonds. The number of hydrogen-bond donors (Lipinski definition) is 4. The van der Waals surface area contributed by atoms with Crippen molar-refractivity contribution in [1.29, 1.82) is 0 Å². The number of aromatic nitrogens is 2. The minimum atomic E-state index is -0.740. The fraction of sp³-hybridized carbons (Fsp3) is 0.316. The first-order valence-corrected chi connectivity index (χ1v) is 9.19. The number of amides is 2. The van der Waals surface area contributed by atoms with Crippen LogP contribution in [0.2, 0.25) is 0 Å². The summed E-state index contributed by atoms with van der Waals surface area (Å²) in [6, 6.07) is 7.00. The molecule has 10 nitrogen and oxygen atoms in total. The number of urea groups is 1. The van der Waals surface area contributed by atoms with Gasteiger partial charge in [0, 0.05) is 37.6 Å². The number of rotatable bonds is 5. The van der Waals surface area contributed by atoms with Gasteiger partial charge in [0.1, 0.15) is 0 Å². The molecule has 6 N–H and O–H groups in total. The van der Waals surface area contributed by atoms with E-state index in [2.05, 4.69) is 20.3 Å². The quantitative estimate of drug-likeness (QED) is 0.428.